The first-order valence-electron chi connectivity index (χ1n) is 9.09. The molecule has 0 bridgehead atoms. The van der Waals surface area contributed by atoms with Crippen LogP contribution in [0.5, 0.6) is 0 Å². The Bertz CT molecular complexity index is 770. The fourth-order valence-corrected chi connectivity index (χ4v) is 3.85. The summed E-state index contributed by atoms with van der Waals surface area (Å²) in [5.74, 6) is 0. The molecule has 0 heterocycles. The average Bonchev–Trinajstić information content (AvgIpc) is 2.52. The molecule has 0 heteroatoms. The lowest BCUT2D eigenvalue weighted by Gasteiger charge is -2.42. The number of hydrogen-bond donors (Lipinski definition) is 0. The first-order valence-corrected chi connectivity index (χ1v) is 9.09. The van der Waals surface area contributed by atoms with Gasteiger partial charge in [0, 0.05) is 0 Å². The molecular weight excluding hydrogens is 288 g/mol. The smallest absolute Gasteiger partial charge is 0.0100 e. The summed E-state index contributed by atoms with van der Waals surface area (Å²) >= 11 is 0. The SMILES string of the molecule is C/C(=C\c1ccc2c(c1)C(C)(C)CCC2(C)C)c1ccc(C)cc1. The maximum absolute atomic E-state index is 2.42. The summed E-state index contributed by atoms with van der Waals surface area (Å²) in [6.07, 6.45) is 4.85. The summed E-state index contributed by atoms with van der Waals surface area (Å²) in [6.45, 7) is 13.9. The van der Waals surface area contributed by atoms with Crippen LogP contribution in [0.25, 0.3) is 11.6 Å². The lowest BCUT2D eigenvalue weighted by molar-refractivity contribution is 0.332. The predicted molar refractivity (Wildman–Crippen MR) is 106 cm³/mol. The Morgan fingerprint density at radius 3 is 2.04 bits per heavy atom. The van der Waals surface area contributed by atoms with Crippen LogP contribution in [-0.4, -0.2) is 0 Å². The molecule has 0 radical (unpaired) electrons. The second kappa shape index (κ2) is 5.92. The largest absolute Gasteiger partial charge is 0.0587 e. The molecule has 0 aliphatic heterocycles. The summed E-state index contributed by atoms with van der Waals surface area (Å²) in [4.78, 5) is 0. The predicted octanol–water partition coefficient (Wildman–Crippen LogP) is 6.90. The van der Waals surface area contributed by atoms with Crippen molar-refractivity contribution in [2.24, 2.45) is 0 Å². The molecule has 0 saturated carbocycles. The standard InChI is InChI=1S/C24H30/c1-17-7-10-20(11-8-17)18(2)15-19-9-12-21-22(16-19)24(5,6)14-13-23(21,3)4/h7-12,15-16H,13-14H2,1-6H3/b18-15+. The van der Waals surface area contributed by atoms with E-state index in [1.54, 1.807) is 0 Å². The van der Waals surface area contributed by atoms with Crippen molar-refractivity contribution in [1.29, 1.82) is 0 Å². The van der Waals surface area contributed by atoms with Gasteiger partial charge >= 0.3 is 0 Å². The van der Waals surface area contributed by atoms with E-state index in [9.17, 15) is 0 Å². The molecule has 1 aliphatic rings. The highest BCUT2D eigenvalue weighted by Gasteiger charge is 2.36. The second-order valence-corrected chi connectivity index (χ2v) is 8.77. The second-order valence-electron chi connectivity index (χ2n) is 8.77. The van der Waals surface area contributed by atoms with Crippen LogP contribution in [0.15, 0.2) is 42.5 Å². The van der Waals surface area contributed by atoms with Crippen LogP contribution in [0.4, 0.5) is 0 Å². The molecule has 0 unspecified atom stereocenters. The van der Waals surface area contributed by atoms with E-state index < -0.39 is 0 Å². The summed E-state index contributed by atoms with van der Waals surface area (Å²) in [5, 5.41) is 0. The van der Waals surface area contributed by atoms with Gasteiger partial charge in [0.05, 0.1) is 0 Å². The van der Waals surface area contributed by atoms with E-state index in [0.717, 1.165) is 0 Å². The van der Waals surface area contributed by atoms with Gasteiger partial charge in [0.15, 0.2) is 0 Å². The van der Waals surface area contributed by atoms with Gasteiger partial charge in [-0.2, -0.15) is 0 Å². The fraction of sp³-hybridized carbons (Fsp3) is 0.417. The minimum absolute atomic E-state index is 0.270. The van der Waals surface area contributed by atoms with E-state index in [1.165, 1.54) is 46.2 Å². The van der Waals surface area contributed by atoms with E-state index in [2.05, 4.69) is 90.1 Å². The topological polar surface area (TPSA) is 0 Å². The van der Waals surface area contributed by atoms with Crippen molar-refractivity contribution in [1.82, 2.24) is 0 Å². The maximum Gasteiger partial charge on any atom is -0.0100 e. The van der Waals surface area contributed by atoms with E-state index >= 15 is 0 Å². The molecule has 0 N–H and O–H groups in total. The van der Waals surface area contributed by atoms with Crippen molar-refractivity contribution in [3.8, 4) is 0 Å². The van der Waals surface area contributed by atoms with Crippen LogP contribution in [0, 0.1) is 6.92 Å². The van der Waals surface area contributed by atoms with Crippen molar-refractivity contribution in [2.45, 2.75) is 65.2 Å². The normalized spacial score (nSPS) is 19.0. The van der Waals surface area contributed by atoms with Crippen LogP contribution < -0.4 is 0 Å². The van der Waals surface area contributed by atoms with Crippen LogP contribution >= 0.6 is 0 Å². The highest BCUT2D eigenvalue weighted by Crippen LogP contribution is 2.46. The Morgan fingerprint density at radius 1 is 0.833 bits per heavy atom. The molecule has 0 nitrogen and oxygen atoms in total. The highest BCUT2D eigenvalue weighted by atomic mass is 14.4. The van der Waals surface area contributed by atoms with Crippen LogP contribution in [0.1, 0.15) is 75.3 Å². The molecule has 0 fully saturated rings. The van der Waals surface area contributed by atoms with E-state index in [1.807, 2.05) is 0 Å². The quantitative estimate of drug-likeness (QED) is 0.528. The van der Waals surface area contributed by atoms with Gasteiger partial charge in [-0.1, -0.05) is 81.8 Å². The molecule has 24 heavy (non-hydrogen) atoms. The first-order chi connectivity index (χ1) is 11.2. The summed E-state index contributed by atoms with van der Waals surface area (Å²) < 4.78 is 0. The van der Waals surface area contributed by atoms with Crippen LogP contribution in [-0.2, 0) is 10.8 Å². The molecule has 0 amide bonds. The van der Waals surface area contributed by atoms with Crippen molar-refractivity contribution >= 4 is 11.6 Å². The minimum Gasteiger partial charge on any atom is -0.0587 e. The number of rotatable bonds is 2. The van der Waals surface area contributed by atoms with Gasteiger partial charge < -0.3 is 0 Å². The van der Waals surface area contributed by atoms with E-state index in [0.29, 0.717) is 5.41 Å². The number of hydrogen-bond acceptors (Lipinski definition) is 0. The van der Waals surface area contributed by atoms with Gasteiger partial charge in [-0.05, 0) is 65.3 Å². The summed E-state index contributed by atoms with van der Waals surface area (Å²) in [5.41, 5.74) is 8.88. The Kier molecular flexibility index (Phi) is 4.20. The van der Waals surface area contributed by atoms with Crippen molar-refractivity contribution in [2.75, 3.05) is 0 Å². The van der Waals surface area contributed by atoms with Gasteiger partial charge in [-0.15, -0.1) is 0 Å². The van der Waals surface area contributed by atoms with E-state index in [4.69, 9.17) is 0 Å². The molecule has 0 spiro atoms. The molecule has 1 aliphatic carbocycles. The Hall–Kier alpha value is -1.82. The van der Waals surface area contributed by atoms with E-state index in [-0.39, 0.29) is 5.41 Å². The highest BCUT2D eigenvalue weighted by molar-refractivity contribution is 5.80. The zero-order valence-electron chi connectivity index (χ0n) is 16.0. The molecular formula is C24H30. The zero-order valence-corrected chi connectivity index (χ0v) is 16.0. The summed E-state index contributed by atoms with van der Waals surface area (Å²) in [7, 11) is 0. The van der Waals surface area contributed by atoms with Crippen molar-refractivity contribution < 1.29 is 0 Å². The lowest BCUT2D eigenvalue weighted by Crippen LogP contribution is -2.33. The summed E-state index contributed by atoms with van der Waals surface area (Å²) in [6, 6.07) is 15.9. The molecule has 0 saturated heterocycles. The Balaban J connectivity index is 2.02. The monoisotopic (exact) mass is 318 g/mol. The number of allylic oxidation sites excluding steroid dienone is 1. The Morgan fingerprint density at radius 2 is 1.42 bits per heavy atom. The molecule has 2 aromatic rings. The van der Waals surface area contributed by atoms with Gasteiger partial charge in [0.1, 0.15) is 0 Å². The molecule has 2 aromatic carbocycles. The molecule has 126 valence electrons. The first kappa shape index (κ1) is 17.0. The Labute approximate surface area is 147 Å². The third-order valence-corrected chi connectivity index (χ3v) is 5.77. The molecule has 3 rings (SSSR count). The third-order valence-electron chi connectivity index (χ3n) is 5.77. The minimum atomic E-state index is 0.270. The molecule has 0 aromatic heterocycles. The zero-order chi connectivity index (χ0) is 17.5. The maximum atomic E-state index is 2.42. The number of aryl methyl sites for hydroxylation is 1. The van der Waals surface area contributed by atoms with Gasteiger partial charge in [-0.3, -0.25) is 0 Å². The average molecular weight is 319 g/mol. The van der Waals surface area contributed by atoms with Crippen molar-refractivity contribution in [3.05, 3.63) is 70.3 Å². The lowest BCUT2D eigenvalue weighted by atomic mass is 9.63. The fourth-order valence-electron chi connectivity index (χ4n) is 3.85. The molecule has 0 atom stereocenters. The van der Waals surface area contributed by atoms with Crippen molar-refractivity contribution in [3.63, 3.8) is 0 Å². The van der Waals surface area contributed by atoms with Gasteiger partial charge in [-0.25, -0.2) is 0 Å². The van der Waals surface area contributed by atoms with Gasteiger partial charge in [0.25, 0.3) is 0 Å². The van der Waals surface area contributed by atoms with Gasteiger partial charge in [0.2, 0.25) is 0 Å². The van der Waals surface area contributed by atoms with Crippen LogP contribution in [0.2, 0.25) is 0 Å². The number of benzene rings is 2. The van der Waals surface area contributed by atoms with Crippen LogP contribution in [0.3, 0.4) is 0 Å². The number of fused-ring (bicyclic) bond motifs is 1. The third kappa shape index (κ3) is 3.20.